The summed E-state index contributed by atoms with van der Waals surface area (Å²) in [6.07, 6.45) is 8.39. The molecule has 0 radical (unpaired) electrons. The van der Waals surface area contributed by atoms with Crippen LogP contribution in [0.25, 0.3) is 11.0 Å². The molecule has 234 valence electrons. The molecule has 2 aromatic carbocycles. The lowest BCUT2D eigenvalue weighted by molar-refractivity contribution is -0.0380. The van der Waals surface area contributed by atoms with Crippen molar-refractivity contribution >= 4 is 23.0 Å². The van der Waals surface area contributed by atoms with E-state index < -0.39 is 0 Å². The quantitative estimate of drug-likeness (QED) is 0.246. The van der Waals surface area contributed by atoms with Crippen molar-refractivity contribution in [3.63, 3.8) is 0 Å². The number of ether oxygens (including phenoxy) is 2. The Labute approximate surface area is 263 Å². The van der Waals surface area contributed by atoms with E-state index in [1.165, 1.54) is 36.4 Å². The molecule has 4 aliphatic rings. The Morgan fingerprint density at radius 3 is 2.56 bits per heavy atom. The Morgan fingerprint density at radius 1 is 1.02 bits per heavy atom. The number of carbonyl (C=O) groups excluding carboxylic acids is 1. The number of carbonyl (C=O) groups is 1. The second-order valence-electron chi connectivity index (χ2n) is 13.5. The molecule has 0 bridgehead atoms. The number of pyridine rings is 1. The Morgan fingerprint density at radius 2 is 1.80 bits per heavy atom. The van der Waals surface area contributed by atoms with Crippen LogP contribution < -0.4 is 9.64 Å². The summed E-state index contributed by atoms with van der Waals surface area (Å²) in [7, 11) is 0. The molecule has 0 atom stereocenters. The van der Waals surface area contributed by atoms with Crippen molar-refractivity contribution in [2.24, 2.45) is 5.41 Å². The normalized spacial score (nSPS) is 21.1. The van der Waals surface area contributed by atoms with Crippen LogP contribution >= 0.6 is 0 Å². The van der Waals surface area contributed by atoms with Crippen molar-refractivity contribution in [1.82, 2.24) is 19.8 Å². The van der Waals surface area contributed by atoms with E-state index in [1.807, 2.05) is 12.1 Å². The number of hydrogen-bond donors (Lipinski definition) is 1. The Kier molecular flexibility index (Phi) is 7.55. The first-order valence-corrected chi connectivity index (χ1v) is 16.3. The van der Waals surface area contributed by atoms with E-state index in [0.29, 0.717) is 45.5 Å². The third kappa shape index (κ3) is 5.73. The van der Waals surface area contributed by atoms with Gasteiger partial charge in [-0.25, -0.2) is 9.37 Å². The van der Waals surface area contributed by atoms with Crippen LogP contribution in [-0.2, 0) is 11.3 Å². The molecule has 45 heavy (non-hydrogen) atoms. The number of nitrogens with one attached hydrogen (secondary N) is 1. The minimum absolute atomic E-state index is 0.359. The van der Waals surface area contributed by atoms with Crippen LogP contribution in [0.15, 0.2) is 60.9 Å². The zero-order valence-electron chi connectivity index (χ0n) is 25.6. The summed E-state index contributed by atoms with van der Waals surface area (Å²) >= 11 is 0. The van der Waals surface area contributed by atoms with Gasteiger partial charge in [-0.05, 0) is 60.9 Å². The maximum Gasteiger partial charge on any atom is 0.153 e. The monoisotopic (exact) mass is 609 g/mol. The number of piperazine rings is 1. The number of anilines is 1. The molecule has 8 nitrogen and oxygen atoms in total. The number of nitrogens with zero attached hydrogens (tertiary/aromatic N) is 4. The minimum Gasteiger partial charge on any atom is -0.455 e. The van der Waals surface area contributed by atoms with E-state index in [2.05, 4.69) is 48.9 Å². The number of aldehydes is 1. The van der Waals surface area contributed by atoms with Crippen LogP contribution in [-0.4, -0.2) is 84.6 Å². The molecule has 4 aromatic rings. The Balaban J connectivity index is 0.817. The van der Waals surface area contributed by atoms with Crippen LogP contribution in [0, 0.1) is 11.2 Å². The van der Waals surface area contributed by atoms with Gasteiger partial charge in [0, 0.05) is 88.4 Å². The van der Waals surface area contributed by atoms with Crippen LogP contribution in [0.4, 0.5) is 10.1 Å². The van der Waals surface area contributed by atoms with E-state index in [9.17, 15) is 9.18 Å². The SMILES string of the molecule is O=Cc1ccc(N2CC3(CC(N4CCN(Cc5ccc(C6CCOCC6)cc5)CC4)C3)C2)cc1Oc1cnc2[nH]cc(F)c2c1. The molecule has 1 aliphatic carbocycles. The van der Waals surface area contributed by atoms with Gasteiger partial charge in [-0.3, -0.25) is 14.6 Å². The third-order valence-corrected chi connectivity index (χ3v) is 10.6. The van der Waals surface area contributed by atoms with Crippen LogP contribution in [0.3, 0.4) is 0 Å². The standard InChI is InChI=1S/C36H40FN5O3/c37-33-20-39-35-32(33)16-31(19-38-35)45-34-15-29(6-5-28(34)22-43)42-23-36(24-42)17-30(18-36)41-11-9-40(10-12-41)21-25-1-3-26(4-2-25)27-7-13-44-14-8-27/h1-6,15-16,19-20,22,27,30H,7-14,17-18,21,23-24H2,(H,38,39). The maximum atomic E-state index is 14.1. The largest absolute Gasteiger partial charge is 0.455 e. The predicted molar refractivity (Wildman–Crippen MR) is 172 cm³/mol. The summed E-state index contributed by atoms with van der Waals surface area (Å²) < 4.78 is 25.6. The topological polar surface area (TPSA) is 73.9 Å². The Bertz CT molecular complexity index is 1660. The number of halogens is 1. The number of aromatic amines is 1. The maximum absolute atomic E-state index is 14.1. The van der Waals surface area contributed by atoms with Gasteiger partial charge in [0.2, 0.25) is 0 Å². The molecule has 9 heteroatoms. The molecular formula is C36H40FN5O3. The molecule has 0 unspecified atom stereocenters. The fourth-order valence-electron chi connectivity index (χ4n) is 7.91. The average molecular weight is 610 g/mol. The van der Waals surface area contributed by atoms with Crippen LogP contribution in [0.5, 0.6) is 11.5 Å². The van der Waals surface area contributed by atoms with Crippen molar-refractivity contribution in [3.8, 4) is 11.5 Å². The van der Waals surface area contributed by atoms with Gasteiger partial charge >= 0.3 is 0 Å². The van der Waals surface area contributed by atoms with E-state index in [-0.39, 0.29) is 5.82 Å². The minimum atomic E-state index is -0.384. The number of fused-ring (bicyclic) bond motifs is 1. The first-order valence-electron chi connectivity index (χ1n) is 16.3. The number of H-pyrrole nitrogens is 1. The first-order chi connectivity index (χ1) is 22.0. The average Bonchev–Trinajstić information content (AvgIpc) is 3.41. The fourth-order valence-corrected chi connectivity index (χ4v) is 7.91. The van der Waals surface area contributed by atoms with Crippen molar-refractivity contribution in [2.45, 2.75) is 44.2 Å². The summed E-state index contributed by atoms with van der Waals surface area (Å²) in [6, 6.07) is 17.3. The van der Waals surface area contributed by atoms with Gasteiger partial charge in [0.1, 0.15) is 23.0 Å². The van der Waals surface area contributed by atoms with Gasteiger partial charge in [0.05, 0.1) is 17.1 Å². The molecule has 2 aromatic heterocycles. The lowest BCUT2D eigenvalue weighted by atomic mass is 9.60. The highest BCUT2D eigenvalue weighted by Gasteiger charge is 2.54. The lowest BCUT2D eigenvalue weighted by Crippen LogP contribution is -2.68. The van der Waals surface area contributed by atoms with Crippen molar-refractivity contribution in [1.29, 1.82) is 0 Å². The van der Waals surface area contributed by atoms with E-state index >= 15 is 0 Å². The van der Waals surface area contributed by atoms with Gasteiger partial charge in [-0.2, -0.15) is 0 Å². The van der Waals surface area contributed by atoms with Crippen LogP contribution in [0.1, 0.15) is 53.1 Å². The zero-order valence-corrected chi connectivity index (χ0v) is 25.6. The number of benzene rings is 2. The zero-order chi connectivity index (χ0) is 30.4. The second kappa shape index (κ2) is 11.9. The molecule has 8 rings (SSSR count). The lowest BCUT2D eigenvalue weighted by Gasteiger charge is -2.62. The summed E-state index contributed by atoms with van der Waals surface area (Å²) in [5, 5.41) is 0.359. The Hall–Kier alpha value is -3.79. The highest BCUT2D eigenvalue weighted by Crippen LogP contribution is 2.52. The van der Waals surface area contributed by atoms with E-state index in [1.54, 1.807) is 12.1 Å². The van der Waals surface area contributed by atoms with E-state index in [0.717, 1.165) is 83.8 Å². The van der Waals surface area contributed by atoms with Crippen LogP contribution in [0.2, 0.25) is 0 Å². The van der Waals surface area contributed by atoms with E-state index in [4.69, 9.17) is 9.47 Å². The smallest absolute Gasteiger partial charge is 0.153 e. The number of aromatic nitrogens is 2. The summed E-state index contributed by atoms with van der Waals surface area (Å²) in [5.74, 6) is 1.12. The molecule has 1 saturated carbocycles. The van der Waals surface area contributed by atoms with Crippen molar-refractivity contribution in [3.05, 3.63) is 83.4 Å². The predicted octanol–water partition coefficient (Wildman–Crippen LogP) is 5.99. The van der Waals surface area contributed by atoms with Gasteiger partial charge in [0.15, 0.2) is 6.29 Å². The van der Waals surface area contributed by atoms with Gasteiger partial charge < -0.3 is 19.4 Å². The molecule has 0 amide bonds. The highest BCUT2D eigenvalue weighted by atomic mass is 19.1. The summed E-state index contributed by atoms with van der Waals surface area (Å²) in [4.78, 5) is 26.5. The molecule has 4 fully saturated rings. The molecule has 1 N–H and O–H groups in total. The third-order valence-electron chi connectivity index (χ3n) is 10.6. The fraction of sp³-hybridized carbons (Fsp3) is 0.444. The van der Waals surface area contributed by atoms with Gasteiger partial charge in [0.25, 0.3) is 0 Å². The number of hydrogen-bond acceptors (Lipinski definition) is 7. The first kappa shape index (κ1) is 28.7. The number of rotatable bonds is 8. The summed E-state index contributed by atoms with van der Waals surface area (Å²) in [6.45, 7) is 9.40. The molecular weight excluding hydrogens is 569 g/mol. The van der Waals surface area contributed by atoms with Crippen molar-refractivity contribution in [2.75, 3.05) is 57.4 Å². The molecule has 5 heterocycles. The molecule has 3 saturated heterocycles. The highest BCUT2D eigenvalue weighted by molar-refractivity contribution is 5.82. The summed E-state index contributed by atoms with van der Waals surface area (Å²) in [5.41, 5.74) is 5.23. The molecule has 3 aliphatic heterocycles. The van der Waals surface area contributed by atoms with Gasteiger partial charge in [-0.15, -0.1) is 0 Å². The van der Waals surface area contributed by atoms with Gasteiger partial charge in [-0.1, -0.05) is 24.3 Å². The molecule has 1 spiro atoms. The second-order valence-corrected chi connectivity index (χ2v) is 13.5. The van der Waals surface area contributed by atoms with Crippen molar-refractivity contribution < 1.29 is 18.7 Å².